The van der Waals surface area contributed by atoms with Gasteiger partial charge in [-0.2, -0.15) is 0 Å². The summed E-state index contributed by atoms with van der Waals surface area (Å²) in [6, 6.07) is 11.1. The molecule has 22 heavy (non-hydrogen) atoms. The SMILES string of the molecule is CC(C)(C)OC(=O)Nc1ccc(Nc2cccc(Br)c2)nn1. The molecular formula is C15H17BrN4O2. The number of hydrogen-bond acceptors (Lipinski definition) is 5. The number of aromatic nitrogens is 2. The second-order valence-electron chi connectivity index (χ2n) is 5.57. The fraction of sp³-hybridized carbons (Fsp3) is 0.267. The van der Waals surface area contributed by atoms with Crippen LogP contribution >= 0.6 is 15.9 Å². The molecule has 116 valence electrons. The second kappa shape index (κ2) is 6.74. The van der Waals surface area contributed by atoms with Gasteiger partial charge in [-0.3, -0.25) is 5.32 Å². The van der Waals surface area contributed by atoms with Crippen molar-refractivity contribution in [2.45, 2.75) is 26.4 Å². The number of carbonyl (C=O) groups is 1. The van der Waals surface area contributed by atoms with Crippen LogP contribution in [0.1, 0.15) is 20.8 Å². The largest absolute Gasteiger partial charge is 0.444 e. The van der Waals surface area contributed by atoms with Crippen molar-refractivity contribution in [2.75, 3.05) is 10.6 Å². The zero-order valence-electron chi connectivity index (χ0n) is 12.6. The van der Waals surface area contributed by atoms with Gasteiger partial charge in [0.1, 0.15) is 5.60 Å². The number of hydrogen-bond donors (Lipinski definition) is 2. The minimum absolute atomic E-state index is 0.328. The van der Waals surface area contributed by atoms with Crippen molar-refractivity contribution in [3.8, 4) is 0 Å². The predicted octanol–water partition coefficient (Wildman–Crippen LogP) is 4.33. The molecule has 1 amide bonds. The molecule has 7 heteroatoms. The molecule has 2 rings (SSSR count). The van der Waals surface area contributed by atoms with E-state index in [1.165, 1.54) is 0 Å². The maximum atomic E-state index is 11.6. The average Bonchev–Trinajstić information content (AvgIpc) is 2.39. The van der Waals surface area contributed by atoms with Crippen molar-refractivity contribution in [3.05, 3.63) is 40.9 Å². The summed E-state index contributed by atoms with van der Waals surface area (Å²) in [5, 5.41) is 13.6. The van der Waals surface area contributed by atoms with E-state index in [0.29, 0.717) is 11.6 Å². The van der Waals surface area contributed by atoms with E-state index in [9.17, 15) is 4.79 Å². The molecule has 0 aliphatic heterocycles. The summed E-state index contributed by atoms with van der Waals surface area (Å²) in [5.41, 5.74) is 0.330. The van der Waals surface area contributed by atoms with Crippen molar-refractivity contribution in [3.63, 3.8) is 0 Å². The van der Waals surface area contributed by atoms with E-state index in [4.69, 9.17) is 4.74 Å². The van der Waals surface area contributed by atoms with Crippen LogP contribution in [0.2, 0.25) is 0 Å². The minimum Gasteiger partial charge on any atom is -0.444 e. The summed E-state index contributed by atoms with van der Waals surface area (Å²) in [5.74, 6) is 0.905. The van der Waals surface area contributed by atoms with E-state index in [-0.39, 0.29) is 0 Å². The van der Waals surface area contributed by atoms with E-state index in [2.05, 4.69) is 36.8 Å². The van der Waals surface area contributed by atoms with E-state index in [1.807, 2.05) is 24.3 Å². The van der Waals surface area contributed by atoms with Crippen LogP contribution in [-0.2, 0) is 4.74 Å². The fourth-order valence-corrected chi connectivity index (χ4v) is 1.99. The Hall–Kier alpha value is -2.15. The van der Waals surface area contributed by atoms with Crippen LogP contribution in [0.4, 0.5) is 22.1 Å². The van der Waals surface area contributed by atoms with Gasteiger partial charge in [-0.25, -0.2) is 4.79 Å². The fourth-order valence-electron chi connectivity index (χ4n) is 1.59. The number of benzene rings is 1. The number of nitrogens with zero attached hydrogens (tertiary/aromatic N) is 2. The Bertz CT molecular complexity index is 653. The van der Waals surface area contributed by atoms with Crippen LogP contribution in [0.3, 0.4) is 0 Å². The third-order valence-corrected chi connectivity index (χ3v) is 2.88. The summed E-state index contributed by atoms with van der Waals surface area (Å²) in [6.45, 7) is 5.38. The Labute approximate surface area is 137 Å². The van der Waals surface area contributed by atoms with E-state index in [0.717, 1.165) is 10.2 Å². The number of rotatable bonds is 3. The highest BCUT2D eigenvalue weighted by molar-refractivity contribution is 9.10. The van der Waals surface area contributed by atoms with Crippen LogP contribution in [0.5, 0.6) is 0 Å². The zero-order valence-corrected chi connectivity index (χ0v) is 14.1. The topological polar surface area (TPSA) is 76.1 Å². The lowest BCUT2D eigenvalue weighted by Crippen LogP contribution is -2.27. The molecular weight excluding hydrogens is 348 g/mol. The lowest BCUT2D eigenvalue weighted by atomic mass is 10.2. The number of ether oxygens (including phenoxy) is 1. The highest BCUT2D eigenvalue weighted by atomic mass is 79.9. The van der Waals surface area contributed by atoms with Crippen molar-refractivity contribution >= 4 is 39.3 Å². The Morgan fingerprint density at radius 1 is 1.14 bits per heavy atom. The normalized spacial score (nSPS) is 10.9. The van der Waals surface area contributed by atoms with Crippen molar-refractivity contribution in [2.24, 2.45) is 0 Å². The molecule has 0 spiro atoms. The molecule has 0 unspecified atom stereocenters. The number of nitrogens with one attached hydrogen (secondary N) is 2. The maximum Gasteiger partial charge on any atom is 0.413 e. The van der Waals surface area contributed by atoms with Crippen LogP contribution in [0, 0.1) is 0 Å². The van der Waals surface area contributed by atoms with Gasteiger partial charge in [0.05, 0.1) is 0 Å². The Balaban J connectivity index is 1.97. The first-order chi connectivity index (χ1) is 10.3. The predicted molar refractivity (Wildman–Crippen MR) is 89.3 cm³/mol. The van der Waals surface area contributed by atoms with Crippen LogP contribution in [-0.4, -0.2) is 21.9 Å². The third-order valence-electron chi connectivity index (χ3n) is 2.39. The molecule has 6 nitrogen and oxygen atoms in total. The van der Waals surface area contributed by atoms with E-state index >= 15 is 0 Å². The first kappa shape index (κ1) is 16.2. The number of carbonyl (C=O) groups excluding carboxylic acids is 1. The quantitative estimate of drug-likeness (QED) is 0.847. The van der Waals surface area contributed by atoms with Gasteiger partial charge in [0.15, 0.2) is 11.6 Å². The van der Waals surface area contributed by atoms with Gasteiger partial charge < -0.3 is 10.1 Å². The first-order valence-corrected chi connectivity index (χ1v) is 7.47. The lowest BCUT2D eigenvalue weighted by molar-refractivity contribution is 0.0635. The van der Waals surface area contributed by atoms with Gasteiger partial charge in [0.25, 0.3) is 0 Å². The van der Waals surface area contributed by atoms with Gasteiger partial charge >= 0.3 is 6.09 Å². The molecule has 2 N–H and O–H groups in total. The highest BCUT2D eigenvalue weighted by Gasteiger charge is 2.16. The molecule has 1 aromatic carbocycles. The second-order valence-corrected chi connectivity index (χ2v) is 6.48. The van der Waals surface area contributed by atoms with Gasteiger partial charge in [0, 0.05) is 10.2 Å². The standard InChI is InChI=1S/C15H17BrN4O2/c1-15(2,3)22-14(21)18-13-8-7-12(19-20-13)17-11-6-4-5-10(16)9-11/h4-9H,1-3H3,(H,17,19)(H,18,20,21). The molecule has 2 aromatic rings. The molecule has 0 atom stereocenters. The molecule has 0 bridgehead atoms. The van der Waals surface area contributed by atoms with Gasteiger partial charge in [-0.15, -0.1) is 10.2 Å². The van der Waals surface area contributed by atoms with Gasteiger partial charge in [-0.1, -0.05) is 22.0 Å². The molecule has 1 aromatic heterocycles. The third kappa shape index (κ3) is 5.33. The van der Waals surface area contributed by atoms with Crippen LogP contribution in [0.25, 0.3) is 0 Å². The summed E-state index contributed by atoms with van der Waals surface area (Å²) in [4.78, 5) is 11.6. The smallest absolute Gasteiger partial charge is 0.413 e. The van der Waals surface area contributed by atoms with Crippen molar-refractivity contribution in [1.82, 2.24) is 10.2 Å². The van der Waals surface area contributed by atoms with E-state index in [1.54, 1.807) is 32.9 Å². The van der Waals surface area contributed by atoms with Crippen molar-refractivity contribution in [1.29, 1.82) is 0 Å². The Kier molecular flexibility index (Phi) is 4.97. The molecule has 0 saturated heterocycles. The average molecular weight is 365 g/mol. The highest BCUT2D eigenvalue weighted by Crippen LogP contribution is 2.19. The summed E-state index contributed by atoms with van der Waals surface area (Å²) in [6.07, 6.45) is -0.561. The Morgan fingerprint density at radius 3 is 2.41 bits per heavy atom. The summed E-state index contributed by atoms with van der Waals surface area (Å²) < 4.78 is 6.11. The van der Waals surface area contributed by atoms with Crippen LogP contribution in [0.15, 0.2) is 40.9 Å². The molecule has 0 aliphatic carbocycles. The number of halogens is 1. The molecule has 0 radical (unpaired) electrons. The number of anilines is 3. The molecule has 1 heterocycles. The van der Waals surface area contributed by atoms with Gasteiger partial charge in [0.2, 0.25) is 0 Å². The first-order valence-electron chi connectivity index (χ1n) is 6.68. The van der Waals surface area contributed by atoms with Crippen LogP contribution < -0.4 is 10.6 Å². The number of amides is 1. The Morgan fingerprint density at radius 2 is 1.82 bits per heavy atom. The minimum atomic E-state index is -0.561. The zero-order chi connectivity index (χ0) is 16.2. The molecule has 0 aliphatic rings. The molecule has 0 saturated carbocycles. The van der Waals surface area contributed by atoms with Crippen molar-refractivity contribution < 1.29 is 9.53 Å². The lowest BCUT2D eigenvalue weighted by Gasteiger charge is -2.19. The maximum absolute atomic E-state index is 11.6. The van der Waals surface area contributed by atoms with Gasteiger partial charge in [-0.05, 0) is 51.1 Å². The monoisotopic (exact) mass is 364 g/mol. The summed E-state index contributed by atoms with van der Waals surface area (Å²) >= 11 is 3.40. The van der Waals surface area contributed by atoms with E-state index < -0.39 is 11.7 Å². The summed E-state index contributed by atoms with van der Waals surface area (Å²) in [7, 11) is 0. The molecule has 0 fully saturated rings.